The Balaban J connectivity index is 2.30. The van der Waals surface area contributed by atoms with Crippen LogP contribution < -0.4 is 9.47 Å². The van der Waals surface area contributed by atoms with Gasteiger partial charge in [0.25, 0.3) is 0 Å². The van der Waals surface area contributed by atoms with Crippen molar-refractivity contribution < 1.29 is 14.2 Å². The van der Waals surface area contributed by atoms with Gasteiger partial charge < -0.3 is 14.2 Å². The average Bonchev–Trinajstić information content (AvgIpc) is 2.57. The number of hydrogen-bond donors (Lipinski definition) is 0. The van der Waals surface area contributed by atoms with Crippen LogP contribution in [0.1, 0.15) is 39.7 Å². The molecule has 1 heterocycles. The van der Waals surface area contributed by atoms with Gasteiger partial charge >= 0.3 is 0 Å². The lowest BCUT2D eigenvalue weighted by Crippen LogP contribution is -2.37. The minimum absolute atomic E-state index is 0.0317. The van der Waals surface area contributed by atoms with E-state index in [-0.39, 0.29) is 17.3 Å². The SMILES string of the molecule is COc1cccc(CCl)c1OC1CC(C)(C)OC1(C)C. The molecule has 1 aliphatic rings. The molecule has 1 unspecified atom stereocenters. The van der Waals surface area contributed by atoms with Crippen LogP contribution in [-0.4, -0.2) is 24.4 Å². The first-order valence-electron chi connectivity index (χ1n) is 6.88. The van der Waals surface area contributed by atoms with Crippen LogP contribution in [0.5, 0.6) is 11.5 Å². The maximum absolute atomic E-state index is 6.24. The fourth-order valence-electron chi connectivity index (χ4n) is 2.80. The molecule has 0 aliphatic carbocycles. The van der Waals surface area contributed by atoms with Gasteiger partial charge in [0.15, 0.2) is 11.5 Å². The standard InChI is InChI=1S/C16H23ClO3/c1-15(2)9-13(16(3,4)20-15)19-14-11(10-17)7-6-8-12(14)18-5/h6-8,13H,9-10H2,1-5H3. The van der Waals surface area contributed by atoms with Crippen LogP contribution in [-0.2, 0) is 10.6 Å². The van der Waals surface area contributed by atoms with Gasteiger partial charge in [0, 0.05) is 12.0 Å². The van der Waals surface area contributed by atoms with Crippen molar-refractivity contribution in [3.63, 3.8) is 0 Å². The summed E-state index contributed by atoms with van der Waals surface area (Å²) in [6.07, 6.45) is 0.801. The minimum Gasteiger partial charge on any atom is -0.493 e. The highest BCUT2D eigenvalue weighted by atomic mass is 35.5. The molecule has 112 valence electrons. The van der Waals surface area contributed by atoms with Crippen LogP contribution in [0.4, 0.5) is 0 Å². The number of methoxy groups -OCH3 is 1. The summed E-state index contributed by atoms with van der Waals surface area (Å²) in [6, 6.07) is 5.77. The Morgan fingerprint density at radius 2 is 2.00 bits per heavy atom. The van der Waals surface area contributed by atoms with E-state index >= 15 is 0 Å². The zero-order chi connectivity index (χ0) is 15.0. The van der Waals surface area contributed by atoms with E-state index in [1.54, 1.807) is 7.11 Å². The Hall–Kier alpha value is -0.930. The molecule has 0 radical (unpaired) electrons. The van der Waals surface area contributed by atoms with Crippen molar-refractivity contribution >= 4 is 11.6 Å². The highest BCUT2D eigenvalue weighted by molar-refractivity contribution is 6.17. The number of rotatable bonds is 4. The number of alkyl halides is 1. The van der Waals surface area contributed by atoms with Crippen LogP contribution in [0.2, 0.25) is 0 Å². The third kappa shape index (κ3) is 3.04. The summed E-state index contributed by atoms with van der Waals surface area (Å²) >= 11 is 6.01. The fourth-order valence-corrected chi connectivity index (χ4v) is 3.01. The van der Waals surface area contributed by atoms with Crippen molar-refractivity contribution in [2.45, 2.75) is 57.3 Å². The largest absolute Gasteiger partial charge is 0.493 e. The Kier molecular flexibility index (Phi) is 4.22. The smallest absolute Gasteiger partial charge is 0.166 e. The van der Waals surface area contributed by atoms with Crippen molar-refractivity contribution in [2.24, 2.45) is 0 Å². The molecule has 0 spiro atoms. The van der Waals surface area contributed by atoms with E-state index in [1.165, 1.54) is 0 Å². The predicted molar refractivity (Wildman–Crippen MR) is 80.8 cm³/mol. The maximum Gasteiger partial charge on any atom is 0.166 e. The normalized spacial score (nSPS) is 23.6. The average molecular weight is 299 g/mol. The lowest BCUT2D eigenvalue weighted by molar-refractivity contribution is -0.0848. The molecule has 1 atom stereocenters. The first kappa shape index (κ1) is 15.5. The molecule has 20 heavy (non-hydrogen) atoms. The summed E-state index contributed by atoms with van der Waals surface area (Å²) in [5, 5.41) is 0. The molecule has 0 saturated carbocycles. The van der Waals surface area contributed by atoms with Gasteiger partial charge in [-0.1, -0.05) is 12.1 Å². The van der Waals surface area contributed by atoms with Crippen LogP contribution >= 0.6 is 11.6 Å². The zero-order valence-electron chi connectivity index (χ0n) is 12.8. The molecule has 3 nitrogen and oxygen atoms in total. The number of halogens is 1. The Morgan fingerprint density at radius 3 is 2.50 bits per heavy atom. The van der Waals surface area contributed by atoms with E-state index in [2.05, 4.69) is 27.7 Å². The number of benzene rings is 1. The van der Waals surface area contributed by atoms with Gasteiger partial charge in [-0.25, -0.2) is 0 Å². The highest BCUT2D eigenvalue weighted by Crippen LogP contribution is 2.42. The van der Waals surface area contributed by atoms with Gasteiger partial charge in [-0.05, 0) is 33.8 Å². The van der Waals surface area contributed by atoms with Crippen LogP contribution in [0.15, 0.2) is 18.2 Å². The van der Waals surface area contributed by atoms with Gasteiger partial charge in [0.1, 0.15) is 11.7 Å². The monoisotopic (exact) mass is 298 g/mol. The van der Waals surface area contributed by atoms with Crippen LogP contribution in [0.3, 0.4) is 0 Å². The summed E-state index contributed by atoms with van der Waals surface area (Å²) < 4.78 is 17.7. The van der Waals surface area contributed by atoms with Crippen molar-refractivity contribution in [3.8, 4) is 11.5 Å². The van der Waals surface area contributed by atoms with Crippen molar-refractivity contribution in [3.05, 3.63) is 23.8 Å². The number of ether oxygens (including phenoxy) is 3. The van der Waals surface area contributed by atoms with E-state index in [9.17, 15) is 0 Å². The molecule has 1 aromatic rings. The van der Waals surface area contributed by atoms with Gasteiger partial charge in [-0.3, -0.25) is 0 Å². The summed E-state index contributed by atoms with van der Waals surface area (Å²) in [4.78, 5) is 0. The zero-order valence-corrected chi connectivity index (χ0v) is 13.6. The molecule has 1 aliphatic heterocycles. The third-order valence-corrected chi connectivity index (χ3v) is 3.96. The second-order valence-electron chi connectivity index (χ2n) is 6.36. The molecule has 0 aromatic heterocycles. The quantitative estimate of drug-likeness (QED) is 0.781. The maximum atomic E-state index is 6.24. The lowest BCUT2D eigenvalue weighted by atomic mass is 9.97. The number of hydrogen-bond acceptors (Lipinski definition) is 3. The molecule has 4 heteroatoms. The highest BCUT2D eigenvalue weighted by Gasteiger charge is 2.47. The van der Waals surface area contributed by atoms with Gasteiger partial charge in [-0.2, -0.15) is 0 Å². The van der Waals surface area contributed by atoms with Crippen molar-refractivity contribution in [1.82, 2.24) is 0 Å². The molecular formula is C16H23ClO3. The van der Waals surface area contributed by atoms with Gasteiger partial charge in [0.2, 0.25) is 0 Å². The fraction of sp³-hybridized carbons (Fsp3) is 0.625. The lowest BCUT2D eigenvalue weighted by Gasteiger charge is -2.28. The van der Waals surface area contributed by atoms with E-state index in [0.717, 1.165) is 17.7 Å². The van der Waals surface area contributed by atoms with Crippen LogP contribution in [0.25, 0.3) is 0 Å². The summed E-state index contributed by atoms with van der Waals surface area (Å²) in [7, 11) is 1.64. The van der Waals surface area contributed by atoms with E-state index < -0.39 is 0 Å². The second kappa shape index (κ2) is 5.45. The molecule has 2 rings (SSSR count). The minimum atomic E-state index is -0.339. The van der Waals surface area contributed by atoms with E-state index in [0.29, 0.717) is 11.6 Å². The summed E-state index contributed by atoms with van der Waals surface area (Å²) in [6.45, 7) is 8.29. The Bertz CT molecular complexity index is 460. The molecule has 0 N–H and O–H groups in total. The van der Waals surface area contributed by atoms with Gasteiger partial charge in [0.05, 0.1) is 18.6 Å². The first-order valence-corrected chi connectivity index (χ1v) is 7.41. The summed E-state index contributed by atoms with van der Waals surface area (Å²) in [5.74, 6) is 1.83. The van der Waals surface area contributed by atoms with Crippen LogP contribution in [0, 0.1) is 0 Å². The first-order chi connectivity index (χ1) is 9.29. The van der Waals surface area contributed by atoms with Crippen molar-refractivity contribution in [1.29, 1.82) is 0 Å². The molecule has 1 saturated heterocycles. The molecular weight excluding hydrogens is 276 g/mol. The molecule has 1 fully saturated rings. The molecule has 1 aromatic carbocycles. The van der Waals surface area contributed by atoms with Crippen molar-refractivity contribution in [2.75, 3.05) is 7.11 Å². The third-order valence-electron chi connectivity index (χ3n) is 3.68. The summed E-state index contributed by atoms with van der Waals surface area (Å²) in [5.41, 5.74) is 0.414. The molecule has 0 bridgehead atoms. The Labute approximate surface area is 126 Å². The van der Waals surface area contributed by atoms with E-state index in [1.807, 2.05) is 18.2 Å². The van der Waals surface area contributed by atoms with Gasteiger partial charge in [-0.15, -0.1) is 11.6 Å². The second-order valence-corrected chi connectivity index (χ2v) is 6.63. The Morgan fingerprint density at radius 1 is 1.30 bits per heavy atom. The van der Waals surface area contributed by atoms with E-state index in [4.69, 9.17) is 25.8 Å². The molecule has 0 amide bonds. The predicted octanol–water partition coefficient (Wildman–Crippen LogP) is 4.16. The topological polar surface area (TPSA) is 27.7 Å². The number of para-hydroxylation sites is 1.